The van der Waals surface area contributed by atoms with Crippen LogP contribution in [0.2, 0.25) is 5.15 Å². The van der Waals surface area contributed by atoms with Gasteiger partial charge in [0, 0.05) is 31.0 Å². The Kier molecular flexibility index (Phi) is 3.20. The number of aromatic nitrogens is 5. The highest BCUT2D eigenvalue weighted by Gasteiger charge is 2.07. The molecule has 19 heavy (non-hydrogen) atoms. The van der Waals surface area contributed by atoms with Crippen LogP contribution in [0.5, 0.6) is 0 Å². The third-order valence-corrected chi connectivity index (χ3v) is 2.87. The molecule has 0 aliphatic heterocycles. The Labute approximate surface area is 115 Å². The highest BCUT2D eigenvalue weighted by molar-refractivity contribution is 6.29. The van der Waals surface area contributed by atoms with Crippen molar-refractivity contribution in [3.63, 3.8) is 0 Å². The van der Waals surface area contributed by atoms with Crippen LogP contribution in [0.1, 0.15) is 5.56 Å². The van der Waals surface area contributed by atoms with Gasteiger partial charge in [0.15, 0.2) is 5.82 Å². The Morgan fingerprint density at radius 1 is 1.00 bits per heavy atom. The number of nitrogens with zero attached hydrogens (tertiary/aromatic N) is 5. The first kappa shape index (κ1) is 11.8. The highest BCUT2D eigenvalue weighted by Crippen LogP contribution is 2.15. The van der Waals surface area contributed by atoms with Crippen LogP contribution in [0.15, 0.2) is 49.3 Å². The molecule has 0 aromatic carbocycles. The third-order valence-electron chi connectivity index (χ3n) is 2.65. The van der Waals surface area contributed by atoms with E-state index in [-0.39, 0.29) is 0 Å². The van der Waals surface area contributed by atoms with Gasteiger partial charge >= 0.3 is 0 Å². The molecule has 0 aliphatic carbocycles. The normalized spacial score (nSPS) is 10.6. The van der Waals surface area contributed by atoms with Crippen LogP contribution >= 0.6 is 11.6 Å². The summed E-state index contributed by atoms with van der Waals surface area (Å²) in [6.07, 6.45) is 10.4. The molecule has 0 atom stereocenters. The van der Waals surface area contributed by atoms with Gasteiger partial charge in [0.2, 0.25) is 0 Å². The summed E-state index contributed by atoms with van der Waals surface area (Å²) in [6, 6.07) is 3.71. The predicted molar refractivity (Wildman–Crippen MR) is 71.6 cm³/mol. The summed E-state index contributed by atoms with van der Waals surface area (Å²) in [5, 5.41) is 0.489. The predicted octanol–water partition coefficient (Wildman–Crippen LogP) is 2.44. The van der Waals surface area contributed by atoms with Crippen LogP contribution in [-0.2, 0) is 6.54 Å². The van der Waals surface area contributed by atoms with Gasteiger partial charge in [-0.05, 0) is 11.6 Å². The second-order valence-electron chi connectivity index (χ2n) is 3.96. The van der Waals surface area contributed by atoms with Crippen molar-refractivity contribution in [2.45, 2.75) is 6.54 Å². The van der Waals surface area contributed by atoms with E-state index in [4.69, 9.17) is 11.6 Å². The lowest BCUT2D eigenvalue weighted by molar-refractivity contribution is 0.798. The van der Waals surface area contributed by atoms with Crippen LogP contribution in [0, 0.1) is 0 Å². The van der Waals surface area contributed by atoms with Crippen molar-refractivity contribution in [3.05, 3.63) is 60.0 Å². The molecular formula is C13H10ClN5. The zero-order chi connectivity index (χ0) is 13.1. The summed E-state index contributed by atoms with van der Waals surface area (Å²) in [7, 11) is 0. The molecule has 3 aromatic rings. The Hall–Kier alpha value is -2.27. The molecule has 0 saturated carbocycles. The molecule has 6 heteroatoms. The Morgan fingerprint density at radius 3 is 2.68 bits per heavy atom. The van der Waals surface area contributed by atoms with Gasteiger partial charge < -0.3 is 4.57 Å². The van der Waals surface area contributed by atoms with E-state index >= 15 is 0 Å². The first-order chi connectivity index (χ1) is 9.33. The third kappa shape index (κ3) is 2.61. The van der Waals surface area contributed by atoms with Gasteiger partial charge in [-0.25, -0.2) is 15.0 Å². The van der Waals surface area contributed by atoms with Crippen molar-refractivity contribution in [2.24, 2.45) is 0 Å². The van der Waals surface area contributed by atoms with Crippen LogP contribution in [0.3, 0.4) is 0 Å². The molecule has 0 unspecified atom stereocenters. The van der Waals surface area contributed by atoms with E-state index in [1.165, 1.54) is 0 Å². The number of imidazole rings is 1. The van der Waals surface area contributed by atoms with E-state index in [0.717, 1.165) is 17.1 Å². The molecule has 3 heterocycles. The lowest BCUT2D eigenvalue weighted by Crippen LogP contribution is -2.02. The minimum atomic E-state index is 0.489. The van der Waals surface area contributed by atoms with Crippen LogP contribution in [0.25, 0.3) is 11.5 Å². The van der Waals surface area contributed by atoms with Gasteiger partial charge in [0.25, 0.3) is 0 Å². The van der Waals surface area contributed by atoms with Gasteiger partial charge in [0.1, 0.15) is 10.8 Å². The summed E-state index contributed by atoms with van der Waals surface area (Å²) in [6.45, 7) is 0.663. The van der Waals surface area contributed by atoms with Gasteiger partial charge in [0.05, 0.1) is 12.7 Å². The molecular weight excluding hydrogens is 262 g/mol. The van der Waals surface area contributed by atoms with Crippen molar-refractivity contribution in [1.82, 2.24) is 24.5 Å². The molecule has 3 aromatic heterocycles. The molecule has 0 amide bonds. The fraction of sp³-hybridized carbons (Fsp3) is 0.0769. The van der Waals surface area contributed by atoms with E-state index in [9.17, 15) is 0 Å². The quantitative estimate of drug-likeness (QED) is 0.687. The standard InChI is InChI=1S/C13H10ClN5/c14-12-2-1-10(7-18-12)9-19-6-5-17-13(19)11-8-15-3-4-16-11/h1-8H,9H2. The fourth-order valence-corrected chi connectivity index (χ4v) is 1.89. The minimum Gasteiger partial charge on any atom is -0.325 e. The number of pyridine rings is 1. The molecule has 0 bridgehead atoms. The van der Waals surface area contributed by atoms with Crippen molar-refractivity contribution >= 4 is 11.6 Å². The summed E-state index contributed by atoms with van der Waals surface area (Å²) >= 11 is 5.77. The van der Waals surface area contributed by atoms with Crippen LogP contribution in [-0.4, -0.2) is 24.5 Å². The lowest BCUT2D eigenvalue weighted by Gasteiger charge is -2.06. The number of hydrogen-bond donors (Lipinski definition) is 0. The van der Waals surface area contributed by atoms with Gasteiger partial charge in [-0.1, -0.05) is 17.7 Å². The Bertz CT molecular complexity index is 663. The molecule has 0 spiro atoms. The topological polar surface area (TPSA) is 56.5 Å². The van der Waals surface area contributed by atoms with Crippen LogP contribution in [0.4, 0.5) is 0 Å². The smallest absolute Gasteiger partial charge is 0.160 e. The largest absolute Gasteiger partial charge is 0.325 e. The van der Waals surface area contributed by atoms with E-state index < -0.39 is 0 Å². The molecule has 0 fully saturated rings. The molecule has 0 saturated heterocycles. The fourth-order valence-electron chi connectivity index (χ4n) is 1.78. The summed E-state index contributed by atoms with van der Waals surface area (Å²) in [5.41, 5.74) is 1.79. The van der Waals surface area contributed by atoms with Gasteiger partial charge in [-0.3, -0.25) is 4.98 Å². The molecule has 5 nitrogen and oxygen atoms in total. The maximum Gasteiger partial charge on any atom is 0.160 e. The maximum absolute atomic E-state index is 5.77. The summed E-state index contributed by atoms with van der Waals surface area (Å²) in [4.78, 5) is 16.7. The van der Waals surface area contributed by atoms with Crippen molar-refractivity contribution in [2.75, 3.05) is 0 Å². The van der Waals surface area contributed by atoms with Crippen molar-refractivity contribution < 1.29 is 0 Å². The summed E-state index contributed by atoms with van der Waals surface area (Å²) in [5.74, 6) is 0.781. The second-order valence-corrected chi connectivity index (χ2v) is 4.35. The first-order valence-corrected chi connectivity index (χ1v) is 6.09. The monoisotopic (exact) mass is 271 g/mol. The van der Waals surface area contributed by atoms with E-state index in [1.807, 2.05) is 16.8 Å². The maximum atomic E-state index is 5.77. The number of rotatable bonds is 3. The van der Waals surface area contributed by atoms with E-state index in [2.05, 4.69) is 19.9 Å². The molecule has 0 aliphatic rings. The first-order valence-electron chi connectivity index (χ1n) is 5.71. The Morgan fingerprint density at radius 2 is 1.95 bits per heavy atom. The van der Waals surface area contributed by atoms with E-state index in [0.29, 0.717) is 11.7 Å². The zero-order valence-corrected chi connectivity index (χ0v) is 10.7. The average Bonchev–Trinajstić information content (AvgIpc) is 2.90. The zero-order valence-electron chi connectivity index (χ0n) is 9.94. The van der Waals surface area contributed by atoms with E-state index in [1.54, 1.807) is 37.1 Å². The van der Waals surface area contributed by atoms with Gasteiger partial charge in [-0.15, -0.1) is 0 Å². The minimum absolute atomic E-state index is 0.489. The Balaban J connectivity index is 1.91. The van der Waals surface area contributed by atoms with Crippen molar-refractivity contribution in [1.29, 1.82) is 0 Å². The molecule has 0 N–H and O–H groups in total. The highest BCUT2D eigenvalue weighted by atomic mass is 35.5. The molecule has 0 radical (unpaired) electrons. The summed E-state index contributed by atoms with van der Waals surface area (Å²) < 4.78 is 1.99. The SMILES string of the molecule is Clc1ccc(Cn2ccnc2-c2cnccn2)cn1. The second kappa shape index (κ2) is 5.16. The van der Waals surface area contributed by atoms with Gasteiger partial charge in [-0.2, -0.15) is 0 Å². The van der Waals surface area contributed by atoms with Crippen LogP contribution < -0.4 is 0 Å². The average molecular weight is 272 g/mol. The molecule has 3 rings (SSSR count). The number of halogens is 1. The molecule has 94 valence electrons. The lowest BCUT2D eigenvalue weighted by atomic mass is 10.3. The number of hydrogen-bond acceptors (Lipinski definition) is 4. The van der Waals surface area contributed by atoms with Crippen molar-refractivity contribution in [3.8, 4) is 11.5 Å².